The molecule has 17 heavy (non-hydrogen) atoms. The molecule has 1 aromatic carbocycles. The molecule has 2 rings (SSSR count). The zero-order valence-electron chi connectivity index (χ0n) is 10.4. The average molecular weight is 236 g/mol. The first-order valence-corrected chi connectivity index (χ1v) is 5.92. The third-order valence-corrected chi connectivity index (χ3v) is 2.80. The largest absolute Gasteiger partial charge is 0.388 e. The summed E-state index contributed by atoms with van der Waals surface area (Å²) in [5, 5.41) is 5.24. The highest BCUT2D eigenvalue weighted by Crippen LogP contribution is 2.21. The maximum absolute atomic E-state index is 5.23. The van der Waals surface area contributed by atoms with Crippen LogP contribution in [0.3, 0.4) is 0 Å². The van der Waals surface area contributed by atoms with Crippen LogP contribution in [0.2, 0.25) is 0 Å². The summed E-state index contributed by atoms with van der Waals surface area (Å²) in [4.78, 5) is 2.29. The van der Waals surface area contributed by atoms with Crippen LogP contribution in [-0.2, 0) is 4.74 Å². The van der Waals surface area contributed by atoms with E-state index in [1.165, 1.54) is 5.69 Å². The van der Waals surface area contributed by atoms with Gasteiger partial charge in [0.15, 0.2) is 0 Å². The van der Waals surface area contributed by atoms with Gasteiger partial charge in [0.25, 0.3) is 0 Å². The molecule has 5 heteroatoms. The summed E-state index contributed by atoms with van der Waals surface area (Å²) in [6.45, 7) is 5.12. The molecule has 0 amide bonds. The van der Waals surface area contributed by atoms with Crippen LogP contribution < -0.4 is 15.6 Å². The Kier molecular flexibility index (Phi) is 4.19. The van der Waals surface area contributed by atoms with Crippen LogP contribution in [0.25, 0.3) is 0 Å². The minimum atomic E-state index is 0.586. The first-order chi connectivity index (χ1) is 8.33. The maximum Gasteiger partial charge on any atom is 0.109 e. The number of hydrazine groups is 1. The molecule has 5 nitrogen and oxygen atoms in total. The molecule has 1 aromatic rings. The SMILES string of the molecule is CCOCNN1CN(c2ccc(NC)cc2)C1. The van der Waals surface area contributed by atoms with E-state index in [0.29, 0.717) is 6.73 Å². The molecule has 2 N–H and O–H groups in total. The molecule has 1 saturated heterocycles. The highest BCUT2D eigenvalue weighted by atomic mass is 16.5. The molecule has 1 fully saturated rings. The van der Waals surface area contributed by atoms with Crippen LogP contribution in [0.5, 0.6) is 0 Å². The summed E-state index contributed by atoms with van der Waals surface area (Å²) in [5.74, 6) is 0. The molecular weight excluding hydrogens is 216 g/mol. The quantitative estimate of drug-likeness (QED) is 0.575. The minimum Gasteiger partial charge on any atom is -0.388 e. The van der Waals surface area contributed by atoms with Gasteiger partial charge >= 0.3 is 0 Å². The van der Waals surface area contributed by atoms with E-state index in [-0.39, 0.29) is 0 Å². The summed E-state index contributed by atoms with van der Waals surface area (Å²) in [6.07, 6.45) is 0. The van der Waals surface area contributed by atoms with Crippen molar-refractivity contribution >= 4 is 11.4 Å². The molecule has 0 aromatic heterocycles. The smallest absolute Gasteiger partial charge is 0.109 e. The van der Waals surface area contributed by atoms with Crippen molar-refractivity contribution in [3.05, 3.63) is 24.3 Å². The van der Waals surface area contributed by atoms with Gasteiger partial charge in [-0.1, -0.05) is 0 Å². The van der Waals surface area contributed by atoms with Crippen LogP contribution in [0.1, 0.15) is 6.92 Å². The lowest BCUT2D eigenvalue weighted by molar-refractivity contribution is 0.0243. The van der Waals surface area contributed by atoms with E-state index in [4.69, 9.17) is 4.74 Å². The van der Waals surface area contributed by atoms with E-state index in [2.05, 4.69) is 44.9 Å². The number of rotatable bonds is 6. The number of nitrogens with one attached hydrogen (secondary N) is 2. The molecule has 0 aliphatic carbocycles. The molecule has 0 spiro atoms. The van der Waals surface area contributed by atoms with Gasteiger partial charge < -0.3 is 15.0 Å². The van der Waals surface area contributed by atoms with E-state index >= 15 is 0 Å². The Labute approximate surface area is 102 Å². The van der Waals surface area contributed by atoms with Gasteiger partial charge in [-0.05, 0) is 31.2 Å². The van der Waals surface area contributed by atoms with Crippen LogP contribution in [-0.4, -0.2) is 38.7 Å². The Balaban J connectivity index is 1.74. The van der Waals surface area contributed by atoms with E-state index in [9.17, 15) is 0 Å². The number of hydrogen-bond acceptors (Lipinski definition) is 5. The first kappa shape index (κ1) is 12.2. The molecule has 0 atom stereocenters. The minimum absolute atomic E-state index is 0.586. The number of nitrogens with zero attached hydrogens (tertiary/aromatic N) is 2. The van der Waals surface area contributed by atoms with Crippen molar-refractivity contribution < 1.29 is 4.74 Å². The fraction of sp³-hybridized carbons (Fsp3) is 0.500. The van der Waals surface area contributed by atoms with Crippen LogP contribution in [0.4, 0.5) is 11.4 Å². The molecule has 0 unspecified atom stereocenters. The van der Waals surface area contributed by atoms with Crippen LogP contribution >= 0.6 is 0 Å². The van der Waals surface area contributed by atoms with E-state index in [0.717, 1.165) is 25.6 Å². The zero-order valence-corrected chi connectivity index (χ0v) is 10.4. The third kappa shape index (κ3) is 3.09. The predicted molar refractivity (Wildman–Crippen MR) is 69.7 cm³/mol. The lowest BCUT2D eigenvalue weighted by Crippen LogP contribution is -2.61. The first-order valence-electron chi connectivity index (χ1n) is 5.92. The van der Waals surface area contributed by atoms with Crippen molar-refractivity contribution in [2.45, 2.75) is 6.92 Å². The molecule has 0 saturated carbocycles. The van der Waals surface area contributed by atoms with E-state index in [1.807, 2.05) is 14.0 Å². The Morgan fingerprint density at radius 3 is 2.53 bits per heavy atom. The van der Waals surface area contributed by atoms with Gasteiger partial charge in [-0.15, -0.1) is 0 Å². The van der Waals surface area contributed by atoms with Crippen molar-refractivity contribution in [2.24, 2.45) is 0 Å². The lowest BCUT2D eigenvalue weighted by atomic mass is 10.2. The van der Waals surface area contributed by atoms with Crippen LogP contribution in [0.15, 0.2) is 24.3 Å². The fourth-order valence-electron chi connectivity index (χ4n) is 1.71. The van der Waals surface area contributed by atoms with Gasteiger partial charge in [0.1, 0.15) is 6.73 Å². The van der Waals surface area contributed by atoms with Crippen molar-refractivity contribution in [2.75, 3.05) is 43.9 Å². The molecule has 94 valence electrons. The van der Waals surface area contributed by atoms with Crippen LogP contribution in [0, 0.1) is 0 Å². The summed E-state index contributed by atoms with van der Waals surface area (Å²) < 4.78 is 5.23. The second kappa shape index (κ2) is 5.86. The molecule has 1 aliphatic heterocycles. The molecular formula is C12H20N4O. The van der Waals surface area contributed by atoms with E-state index in [1.54, 1.807) is 0 Å². The van der Waals surface area contributed by atoms with Gasteiger partial charge in [-0.3, -0.25) is 0 Å². The van der Waals surface area contributed by atoms with Crippen molar-refractivity contribution in [1.82, 2.24) is 10.4 Å². The Bertz CT molecular complexity index is 335. The molecule has 1 heterocycles. The van der Waals surface area contributed by atoms with Crippen molar-refractivity contribution in [3.63, 3.8) is 0 Å². The zero-order chi connectivity index (χ0) is 12.1. The van der Waals surface area contributed by atoms with Gasteiger partial charge in [0.05, 0.1) is 13.3 Å². The van der Waals surface area contributed by atoms with Gasteiger partial charge in [-0.2, -0.15) is 0 Å². The molecule has 0 bridgehead atoms. The topological polar surface area (TPSA) is 39.8 Å². The van der Waals surface area contributed by atoms with Crippen molar-refractivity contribution in [3.8, 4) is 0 Å². The van der Waals surface area contributed by atoms with Crippen molar-refractivity contribution in [1.29, 1.82) is 0 Å². The highest BCUT2D eigenvalue weighted by molar-refractivity contribution is 5.55. The number of anilines is 2. The number of hydrogen-bond donors (Lipinski definition) is 2. The molecule has 0 radical (unpaired) electrons. The fourth-order valence-corrected chi connectivity index (χ4v) is 1.71. The molecule has 1 aliphatic rings. The normalized spacial score (nSPS) is 15.8. The summed E-state index contributed by atoms with van der Waals surface area (Å²) in [7, 11) is 1.93. The summed E-state index contributed by atoms with van der Waals surface area (Å²) >= 11 is 0. The second-order valence-electron chi connectivity index (χ2n) is 3.95. The Hall–Kier alpha value is -1.30. The predicted octanol–water partition coefficient (Wildman–Crippen LogP) is 1.26. The summed E-state index contributed by atoms with van der Waals surface area (Å²) in [6, 6.07) is 8.44. The van der Waals surface area contributed by atoms with Gasteiger partial charge in [-0.25, -0.2) is 10.4 Å². The second-order valence-corrected chi connectivity index (χ2v) is 3.95. The lowest BCUT2D eigenvalue weighted by Gasteiger charge is -2.43. The monoisotopic (exact) mass is 236 g/mol. The Morgan fingerprint density at radius 1 is 1.24 bits per heavy atom. The highest BCUT2D eigenvalue weighted by Gasteiger charge is 2.23. The maximum atomic E-state index is 5.23. The third-order valence-electron chi connectivity index (χ3n) is 2.80. The van der Waals surface area contributed by atoms with E-state index < -0.39 is 0 Å². The van der Waals surface area contributed by atoms with Gasteiger partial charge in [0.2, 0.25) is 0 Å². The average Bonchev–Trinajstić information content (AvgIpc) is 2.32. The summed E-state index contributed by atoms with van der Waals surface area (Å²) in [5.41, 5.74) is 5.59. The Morgan fingerprint density at radius 2 is 1.94 bits per heavy atom. The number of ether oxygens (including phenoxy) is 1. The standard InChI is InChI=1S/C12H20N4O/c1-3-17-8-14-16-9-15(10-16)12-6-4-11(13-2)5-7-12/h4-7,13-14H,3,8-10H2,1-2H3. The van der Waals surface area contributed by atoms with Gasteiger partial charge in [0, 0.05) is 25.0 Å². The number of benzene rings is 1.